The number of aryl methyl sites for hydroxylation is 1. The fraction of sp³-hybridized carbons (Fsp3) is 0.484. The van der Waals surface area contributed by atoms with E-state index in [0.29, 0.717) is 18.8 Å². The molecule has 9 nitrogen and oxygen atoms in total. The molecule has 1 fully saturated rings. The fourth-order valence-corrected chi connectivity index (χ4v) is 6.08. The highest BCUT2D eigenvalue weighted by atomic mass is 28.3. The predicted molar refractivity (Wildman–Crippen MR) is 165 cm³/mol. The van der Waals surface area contributed by atoms with E-state index in [1.165, 1.54) is 21.5 Å². The summed E-state index contributed by atoms with van der Waals surface area (Å²) >= 11 is 0. The first kappa shape index (κ1) is 30.6. The van der Waals surface area contributed by atoms with Crippen LogP contribution in [0, 0.1) is 0 Å². The van der Waals surface area contributed by atoms with Crippen molar-refractivity contribution in [3.05, 3.63) is 71.8 Å². The third-order valence-electron chi connectivity index (χ3n) is 7.35. The van der Waals surface area contributed by atoms with Gasteiger partial charge in [0.2, 0.25) is 14.9 Å². The minimum Gasteiger partial charge on any atom is -0.547 e. The Kier molecular flexibility index (Phi) is 10.1. The van der Waals surface area contributed by atoms with Crippen LogP contribution in [0.15, 0.2) is 55.1 Å². The molecule has 4 rings (SSSR count). The van der Waals surface area contributed by atoms with Crippen molar-refractivity contribution in [3.8, 4) is 17.1 Å². The summed E-state index contributed by atoms with van der Waals surface area (Å²) in [6.07, 6.45) is 2.52. The van der Waals surface area contributed by atoms with Crippen LogP contribution in [0.25, 0.3) is 11.4 Å². The van der Waals surface area contributed by atoms with Crippen LogP contribution in [-0.2, 0) is 16.8 Å². The number of tetrazole rings is 1. The fourth-order valence-electron chi connectivity index (χ4n) is 5.34. The maximum absolute atomic E-state index is 10.8. The van der Waals surface area contributed by atoms with Gasteiger partial charge in [-0.05, 0) is 41.3 Å². The number of aromatic nitrogens is 4. The number of hydrogen-bond donors (Lipinski definition) is 1. The molecule has 1 unspecified atom stereocenters. The lowest BCUT2D eigenvalue weighted by atomic mass is 9.83. The van der Waals surface area contributed by atoms with Crippen molar-refractivity contribution in [1.29, 1.82) is 0 Å². The molecule has 220 valence electrons. The topological polar surface area (TPSA) is 96.6 Å². The van der Waals surface area contributed by atoms with Crippen LogP contribution in [0.4, 0.5) is 0 Å². The first-order valence-electron chi connectivity index (χ1n) is 14.5. The van der Waals surface area contributed by atoms with Gasteiger partial charge < -0.3 is 9.53 Å². The van der Waals surface area contributed by atoms with Crippen molar-refractivity contribution in [2.75, 3.05) is 32.7 Å². The van der Waals surface area contributed by atoms with Crippen LogP contribution in [0.5, 0.6) is 5.75 Å². The highest BCUT2D eigenvalue weighted by molar-refractivity contribution is 6.49. The Morgan fingerprint density at radius 2 is 1.83 bits per heavy atom. The van der Waals surface area contributed by atoms with Gasteiger partial charge in [-0.25, -0.2) is 0 Å². The summed E-state index contributed by atoms with van der Waals surface area (Å²) in [6, 6.07) is 15.1. The Morgan fingerprint density at radius 3 is 2.44 bits per heavy atom. The van der Waals surface area contributed by atoms with Crippen LogP contribution in [0.2, 0.25) is 13.1 Å². The zero-order valence-electron chi connectivity index (χ0n) is 25.1. The van der Waals surface area contributed by atoms with E-state index in [4.69, 9.17) is 9.53 Å². The van der Waals surface area contributed by atoms with Crippen molar-refractivity contribution in [2.45, 2.75) is 64.7 Å². The van der Waals surface area contributed by atoms with Gasteiger partial charge in [0, 0.05) is 50.3 Å². The molecule has 41 heavy (non-hydrogen) atoms. The lowest BCUT2D eigenvalue weighted by Gasteiger charge is -2.40. The number of nitrogens with zero attached hydrogens (tertiary/aromatic N) is 6. The van der Waals surface area contributed by atoms with E-state index in [0.717, 1.165) is 44.0 Å². The number of carboxylic acids is 1. The molecular weight excluding hydrogens is 532 g/mol. The quantitative estimate of drug-likeness (QED) is 0.244. The van der Waals surface area contributed by atoms with E-state index in [-0.39, 0.29) is 17.9 Å². The highest BCUT2D eigenvalue weighted by Gasteiger charge is 2.31. The minimum atomic E-state index is -1.38. The first-order chi connectivity index (χ1) is 19.6. The number of benzene rings is 2. The lowest BCUT2D eigenvalue weighted by molar-refractivity contribution is -0.137. The molecule has 1 N–H and O–H groups in total. The van der Waals surface area contributed by atoms with Crippen molar-refractivity contribution in [1.82, 2.24) is 30.0 Å². The third-order valence-corrected chi connectivity index (χ3v) is 8.05. The Morgan fingerprint density at radius 1 is 1.12 bits per heavy atom. The molecule has 0 bridgehead atoms. The number of rotatable bonds is 12. The van der Waals surface area contributed by atoms with Crippen molar-refractivity contribution < 1.29 is 14.3 Å². The molecule has 0 radical (unpaired) electrons. The second-order valence-corrected chi connectivity index (χ2v) is 14.3. The van der Waals surface area contributed by atoms with E-state index >= 15 is 0 Å². The van der Waals surface area contributed by atoms with Gasteiger partial charge in [0.25, 0.3) is 0 Å². The molecule has 0 amide bonds. The van der Waals surface area contributed by atoms with Gasteiger partial charge in [-0.2, -0.15) is 4.80 Å². The highest BCUT2D eigenvalue weighted by Crippen LogP contribution is 2.42. The normalized spacial score (nSPS) is 15.7. The van der Waals surface area contributed by atoms with Crippen LogP contribution in [0.1, 0.15) is 56.3 Å². The standard InChI is InChI=1S/C31H44N6O3Si/c1-7-17-35-19-21-36(22-20-35)28(25-10-8-11-26(31(2,3)4)29(25)40-41(5)6)23-13-15-24(16-14-23)30-32-34-37(33-30)18-9-12-27(38)39/h7-8,10-11,13-16,28,41H,1,9,12,17-22H2,2-6H3,(H,38,39). The molecule has 0 spiro atoms. The first-order valence-corrected chi connectivity index (χ1v) is 17.3. The zero-order valence-corrected chi connectivity index (χ0v) is 26.2. The van der Waals surface area contributed by atoms with Crippen LogP contribution < -0.4 is 4.43 Å². The average molecular weight is 577 g/mol. The van der Waals surface area contributed by atoms with Gasteiger partial charge in [0.1, 0.15) is 5.75 Å². The molecule has 0 aliphatic carbocycles. The SMILES string of the molecule is C=CCN1CCN(C(c2ccc(-c3nnn(CCCC(=O)O)n3)cc2)c2cccc(C(C)(C)C)c2O[SiH](C)C)CC1. The van der Waals surface area contributed by atoms with Gasteiger partial charge in [0.15, 0.2) is 0 Å². The summed E-state index contributed by atoms with van der Waals surface area (Å²) in [5.74, 6) is 0.746. The molecule has 2 heterocycles. The summed E-state index contributed by atoms with van der Waals surface area (Å²) in [7, 11) is -1.38. The molecule has 1 aromatic heterocycles. The Hall–Kier alpha value is -3.34. The Balaban J connectivity index is 1.69. The van der Waals surface area contributed by atoms with Crippen molar-refractivity contribution in [2.24, 2.45) is 0 Å². The molecule has 2 aromatic carbocycles. The summed E-state index contributed by atoms with van der Waals surface area (Å²) in [6.45, 7) is 20.3. The van der Waals surface area contributed by atoms with Gasteiger partial charge in [0.05, 0.1) is 12.6 Å². The van der Waals surface area contributed by atoms with E-state index in [9.17, 15) is 4.79 Å². The van der Waals surface area contributed by atoms with Crippen molar-refractivity contribution >= 4 is 15.0 Å². The minimum absolute atomic E-state index is 0.0413. The van der Waals surface area contributed by atoms with Gasteiger partial charge in [-0.15, -0.1) is 16.8 Å². The van der Waals surface area contributed by atoms with E-state index in [1.807, 2.05) is 6.08 Å². The maximum Gasteiger partial charge on any atom is 0.303 e. The molecule has 1 atom stereocenters. The summed E-state index contributed by atoms with van der Waals surface area (Å²) in [5, 5.41) is 21.7. The average Bonchev–Trinajstić information content (AvgIpc) is 3.39. The number of aliphatic carboxylic acids is 1. The third kappa shape index (κ3) is 7.90. The van der Waals surface area contributed by atoms with Crippen LogP contribution >= 0.6 is 0 Å². The van der Waals surface area contributed by atoms with Crippen molar-refractivity contribution in [3.63, 3.8) is 0 Å². The molecule has 10 heteroatoms. The lowest BCUT2D eigenvalue weighted by Crippen LogP contribution is -2.47. The maximum atomic E-state index is 10.8. The predicted octanol–water partition coefficient (Wildman–Crippen LogP) is 4.76. The van der Waals surface area contributed by atoms with Crippen LogP contribution in [-0.4, -0.2) is 82.8 Å². The summed E-state index contributed by atoms with van der Waals surface area (Å²) in [5.41, 5.74) is 4.48. The Bertz CT molecular complexity index is 1310. The molecule has 3 aromatic rings. The largest absolute Gasteiger partial charge is 0.547 e. The smallest absolute Gasteiger partial charge is 0.303 e. The number of piperazine rings is 1. The Labute approximate surface area is 245 Å². The molecule has 0 saturated carbocycles. The molecule has 1 aliphatic heterocycles. The monoisotopic (exact) mass is 576 g/mol. The van der Waals surface area contributed by atoms with E-state index in [1.54, 1.807) is 0 Å². The van der Waals surface area contributed by atoms with Gasteiger partial charge in [-0.1, -0.05) is 69.3 Å². The zero-order chi connectivity index (χ0) is 29.6. The van der Waals surface area contributed by atoms with Crippen LogP contribution in [0.3, 0.4) is 0 Å². The number of carboxylic acid groups (broad SMARTS) is 1. The molecule has 1 saturated heterocycles. The van der Waals surface area contributed by atoms with E-state index in [2.05, 4.69) is 108 Å². The van der Waals surface area contributed by atoms with E-state index < -0.39 is 15.0 Å². The second-order valence-electron chi connectivity index (χ2n) is 12.0. The van der Waals surface area contributed by atoms with Gasteiger partial charge in [-0.3, -0.25) is 14.6 Å². The van der Waals surface area contributed by atoms with Gasteiger partial charge >= 0.3 is 5.97 Å². The second kappa shape index (κ2) is 13.5. The molecular formula is C31H44N6O3Si. The number of hydrogen-bond acceptors (Lipinski definition) is 7. The number of para-hydroxylation sites is 1. The number of carbonyl (C=O) groups is 1. The summed E-state index contributed by atoms with van der Waals surface area (Å²) < 4.78 is 6.72. The molecule has 1 aliphatic rings. The summed E-state index contributed by atoms with van der Waals surface area (Å²) in [4.78, 5) is 17.3.